The summed E-state index contributed by atoms with van der Waals surface area (Å²) in [4.78, 5) is 14.3. The van der Waals surface area contributed by atoms with Crippen molar-refractivity contribution in [1.82, 2.24) is 14.5 Å². The third-order valence-corrected chi connectivity index (χ3v) is 7.34. The second-order valence-electron chi connectivity index (χ2n) is 8.12. The van der Waals surface area contributed by atoms with Crippen LogP contribution in [0.4, 0.5) is 13.6 Å². The number of amides is 2. The molecule has 0 aromatic heterocycles. The summed E-state index contributed by atoms with van der Waals surface area (Å²) in [6.07, 6.45) is -2.56. The van der Waals surface area contributed by atoms with Crippen LogP contribution in [0.1, 0.15) is 30.9 Å². The van der Waals surface area contributed by atoms with Crippen LogP contribution < -0.4 is 10.1 Å². The third kappa shape index (κ3) is 6.64. The number of nitrogens with one attached hydrogen (secondary N) is 1. The molecule has 0 saturated carbocycles. The van der Waals surface area contributed by atoms with Gasteiger partial charge in [-0.25, -0.2) is 22.0 Å². The normalized spacial score (nSPS) is 15.2. The van der Waals surface area contributed by atoms with Crippen LogP contribution >= 0.6 is 0 Å². The number of halogens is 2. The van der Waals surface area contributed by atoms with Crippen LogP contribution in [0.3, 0.4) is 0 Å². The molecule has 2 aromatic rings. The molecule has 0 spiro atoms. The molecule has 1 aliphatic heterocycles. The number of piperazine rings is 1. The van der Waals surface area contributed by atoms with Gasteiger partial charge in [-0.3, -0.25) is 0 Å². The van der Waals surface area contributed by atoms with Gasteiger partial charge < -0.3 is 15.0 Å². The number of benzene rings is 2. The molecule has 33 heavy (non-hydrogen) atoms. The molecular weight excluding hydrogens is 452 g/mol. The lowest BCUT2D eigenvalue weighted by Gasteiger charge is -2.34. The molecule has 2 aromatic carbocycles. The monoisotopic (exact) mass is 481 g/mol. The van der Waals surface area contributed by atoms with E-state index < -0.39 is 23.1 Å². The first-order chi connectivity index (χ1) is 15.7. The number of hydrogen-bond acceptors (Lipinski definition) is 4. The number of nitrogens with zero attached hydrogens (tertiary/aromatic N) is 2. The van der Waals surface area contributed by atoms with Gasteiger partial charge >= 0.3 is 6.03 Å². The van der Waals surface area contributed by atoms with Crippen LogP contribution in [0.25, 0.3) is 0 Å². The molecule has 0 bridgehead atoms. The lowest BCUT2D eigenvalue weighted by atomic mass is 10.0. The molecule has 0 radical (unpaired) electrons. The predicted octanol–water partition coefficient (Wildman–Crippen LogP) is 3.67. The summed E-state index contributed by atoms with van der Waals surface area (Å²) in [6, 6.07) is 13.2. The summed E-state index contributed by atoms with van der Waals surface area (Å²) in [5.74, 6) is 0.624. The van der Waals surface area contributed by atoms with Crippen LogP contribution in [-0.4, -0.2) is 62.9 Å². The molecule has 1 aliphatic rings. The molecule has 1 heterocycles. The van der Waals surface area contributed by atoms with Crippen LogP contribution in [0.15, 0.2) is 53.4 Å². The molecule has 1 N–H and O–H groups in total. The van der Waals surface area contributed by atoms with Gasteiger partial charge in [-0.05, 0) is 41.3 Å². The van der Waals surface area contributed by atoms with Gasteiger partial charge in [-0.1, -0.05) is 38.1 Å². The van der Waals surface area contributed by atoms with Crippen molar-refractivity contribution < 1.29 is 26.7 Å². The molecule has 7 nitrogen and oxygen atoms in total. The SMILES string of the molecule is CC(C)c1ccc(S(=O)(=O)N2CCN(C(=O)NCc3cccc(OCC(F)F)c3)CC2)cc1. The Balaban J connectivity index is 1.51. The van der Waals surface area contributed by atoms with Crippen molar-refractivity contribution >= 4 is 16.1 Å². The first-order valence-corrected chi connectivity index (χ1v) is 12.2. The molecule has 0 aliphatic carbocycles. The minimum Gasteiger partial charge on any atom is -0.488 e. The van der Waals surface area contributed by atoms with Crippen molar-refractivity contribution in [2.45, 2.75) is 37.6 Å². The van der Waals surface area contributed by atoms with Crippen molar-refractivity contribution in [1.29, 1.82) is 0 Å². The fraction of sp³-hybridized carbons (Fsp3) is 0.435. The largest absolute Gasteiger partial charge is 0.488 e. The molecule has 3 rings (SSSR count). The van der Waals surface area contributed by atoms with Gasteiger partial charge in [0.2, 0.25) is 10.0 Å². The number of carbonyl (C=O) groups excluding carboxylic acids is 1. The molecule has 1 fully saturated rings. The minimum absolute atomic E-state index is 0.200. The van der Waals surface area contributed by atoms with E-state index in [2.05, 4.69) is 5.32 Å². The Morgan fingerprint density at radius 2 is 1.73 bits per heavy atom. The first-order valence-electron chi connectivity index (χ1n) is 10.8. The van der Waals surface area contributed by atoms with Gasteiger partial charge in [0, 0.05) is 32.7 Å². The van der Waals surface area contributed by atoms with Gasteiger partial charge in [0.15, 0.2) is 0 Å². The summed E-state index contributed by atoms with van der Waals surface area (Å²) < 4.78 is 56.8. The lowest BCUT2D eigenvalue weighted by Crippen LogP contribution is -2.52. The maximum absolute atomic E-state index is 12.9. The van der Waals surface area contributed by atoms with Gasteiger partial charge in [-0.2, -0.15) is 4.31 Å². The number of rotatable bonds is 8. The van der Waals surface area contributed by atoms with Crippen molar-refractivity contribution in [3.8, 4) is 5.75 Å². The molecule has 2 amide bonds. The Bertz CT molecular complexity index is 1040. The van der Waals surface area contributed by atoms with Crippen molar-refractivity contribution in [2.75, 3.05) is 32.8 Å². The van der Waals surface area contributed by atoms with Gasteiger partial charge in [0.05, 0.1) is 4.90 Å². The summed E-state index contributed by atoms with van der Waals surface area (Å²) in [7, 11) is -3.62. The zero-order valence-electron chi connectivity index (χ0n) is 18.7. The standard InChI is InChI=1S/C23H29F2N3O4S/c1-17(2)19-6-8-21(9-7-19)33(30,31)28-12-10-27(11-13-28)23(29)26-15-18-4-3-5-20(14-18)32-16-22(24)25/h3-9,14,17,22H,10-13,15-16H2,1-2H3,(H,26,29). The van der Waals surface area contributed by atoms with E-state index in [-0.39, 0.29) is 43.7 Å². The maximum Gasteiger partial charge on any atom is 0.317 e. The summed E-state index contributed by atoms with van der Waals surface area (Å²) >= 11 is 0. The number of sulfonamides is 1. The number of carbonyl (C=O) groups is 1. The zero-order chi connectivity index (χ0) is 24.0. The van der Waals surface area contributed by atoms with Gasteiger partial charge in [0.1, 0.15) is 12.4 Å². The molecule has 1 saturated heterocycles. The van der Waals surface area contributed by atoms with Crippen molar-refractivity contribution in [3.05, 3.63) is 59.7 Å². The van der Waals surface area contributed by atoms with Crippen LogP contribution in [0.5, 0.6) is 5.75 Å². The van der Waals surface area contributed by atoms with Crippen LogP contribution in [-0.2, 0) is 16.6 Å². The maximum atomic E-state index is 12.9. The highest BCUT2D eigenvalue weighted by molar-refractivity contribution is 7.89. The average Bonchev–Trinajstić information content (AvgIpc) is 2.81. The van der Waals surface area contributed by atoms with Crippen molar-refractivity contribution in [3.63, 3.8) is 0 Å². The second-order valence-corrected chi connectivity index (χ2v) is 10.1. The number of ether oxygens (including phenoxy) is 1. The van der Waals surface area contributed by atoms with E-state index in [0.717, 1.165) is 5.56 Å². The Morgan fingerprint density at radius 1 is 1.06 bits per heavy atom. The van der Waals surface area contributed by atoms with E-state index in [4.69, 9.17) is 4.74 Å². The second kappa shape index (κ2) is 10.9. The minimum atomic E-state index is -3.62. The van der Waals surface area contributed by atoms with E-state index in [9.17, 15) is 22.0 Å². The quantitative estimate of drug-likeness (QED) is 0.624. The third-order valence-electron chi connectivity index (χ3n) is 5.43. The summed E-state index contributed by atoms with van der Waals surface area (Å²) in [5, 5.41) is 2.78. The lowest BCUT2D eigenvalue weighted by molar-refractivity contribution is 0.0818. The predicted molar refractivity (Wildman–Crippen MR) is 121 cm³/mol. The Morgan fingerprint density at radius 3 is 2.33 bits per heavy atom. The fourth-order valence-electron chi connectivity index (χ4n) is 3.50. The van der Waals surface area contributed by atoms with Crippen LogP contribution in [0, 0.1) is 0 Å². The topological polar surface area (TPSA) is 79.0 Å². The van der Waals surface area contributed by atoms with E-state index >= 15 is 0 Å². The zero-order valence-corrected chi connectivity index (χ0v) is 19.5. The van der Waals surface area contributed by atoms with E-state index in [1.165, 1.54) is 4.31 Å². The number of hydrogen-bond donors (Lipinski definition) is 1. The van der Waals surface area contributed by atoms with Gasteiger partial charge in [-0.15, -0.1) is 0 Å². The molecule has 180 valence electrons. The highest BCUT2D eigenvalue weighted by atomic mass is 32.2. The van der Waals surface area contributed by atoms with Crippen LogP contribution in [0.2, 0.25) is 0 Å². The first kappa shape index (κ1) is 24.9. The highest BCUT2D eigenvalue weighted by Gasteiger charge is 2.30. The summed E-state index contributed by atoms with van der Waals surface area (Å²) in [5.41, 5.74) is 1.78. The Kier molecular flexibility index (Phi) is 8.25. The molecule has 10 heteroatoms. The highest BCUT2D eigenvalue weighted by Crippen LogP contribution is 2.21. The van der Waals surface area contributed by atoms with E-state index in [0.29, 0.717) is 17.2 Å². The van der Waals surface area contributed by atoms with Crippen molar-refractivity contribution in [2.24, 2.45) is 0 Å². The average molecular weight is 482 g/mol. The smallest absolute Gasteiger partial charge is 0.317 e. The summed E-state index contributed by atoms with van der Waals surface area (Å²) in [6.45, 7) is 4.56. The fourth-order valence-corrected chi connectivity index (χ4v) is 4.92. The molecular formula is C23H29F2N3O4S. The Labute approximate surface area is 193 Å². The number of alkyl halides is 2. The van der Waals surface area contributed by atoms with E-state index in [1.807, 2.05) is 26.0 Å². The molecule has 0 atom stereocenters. The Hall–Kier alpha value is -2.72. The number of urea groups is 1. The van der Waals surface area contributed by atoms with Gasteiger partial charge in [0.25, 0.3) is 6.43 Å². The van der Waals surface area contributed by atoms with E-state index in [1.54, 1.807) is 41.3 Å². The molecule has 0 unspecified atom stereocenters.